The van der Waals surface area contributed by atoms with Crippen LogP contribution < -0.4 is 21.3 Å². The molecule has 0 aromatic heterocycles. The van der Waals surface area contributed by atoms with Crippen LogP contribution in [-0.2, 0) is 9.53 Å². The van der Waals surface area contributed by atoms with Gasteiger partial charge in [0.05, 0.1) is 0 Å². The first-order valence-corrected chi connectivity index (χ1v) is 9.54. The van der Waals surface area contributed by atoms with E-state index in [0.29, 0.717) is 43.5 Å². The maximum atomic E-state index is 11.9. The summed E-state index contributed by atoms with van der Waals surface area (Å²) in [6.07, 6.45) is 0.576. The lowest BCUT2D eigenvalue weighted by atomic mass is 10.2. The number of rotatable bonds is 8. The molecule has 1 aromatic rings. The fourth-order valence-corrected chi connectivity index (χ4v) is 2.22. The highest BCUT2D eigenvalue weighted by Gasteiger charge is 2.15. The minimum atomic E-state index is -0.519. The van der Waals surface area contributed by atoms with Gasteiger partial charge in [-0.25, -0.2) is 4.79 Å². The summed E-state index contributed by atoms with van der Waals surface area (Å²) in [5.41, 5.74) is 0.201. The third-order valence-electron chi connectivity index (χ3n) is 3.31. The minimum Gasteiger partial charge on any atom is -0.444 e. The van der Waals surface area contributed by atoms with Gasteiger partial charge < -0.3 is 26.0 Å². The first kappa shape index (κ1) is 23.6. The molecule has 0 atom stereocenters. The van der Waals surface area contributed by atoms with E-state index in [0.717, 1.165) is 5.69 Å². The van der Waals surface area contributed by atoms with E-state index in [2.05, 4.69) is 26.3 Å². The zero-order valence-corrected chi connectivity index (χ0v) is 17.7. The Balaban J connectivity index is 2.15. The Morgan fingerprint density at radius 1 is 1.04 bits per heavy atom. The van der Waals surface area contributed by atoms with Gasteiger partial charge in [0.1, 0.15) is 5.60 Å². The molecule has 0 unspecified atom stereocenters. The van der Waals surface area contributed by atoms with E-state index in [9.17, 15) is 9.59 Å². The summed E-state index contributed by atoms with van der Waals surface area (Å²) >= 11 is 5.82. The normalized spacial score (nSPS) is 11.5. The second-order valence-corrected chi connectivity index (χ2v) is 7.45. The molecule has 0 aliphatic carbocycles. The number of carbonyl (C=O) groups is 2. The van der Waals surface area contributed by atoms with Crippen molar-refractivity contribution in [2.75, 3.05) is 32.0 Å². The summed E-state index contributed by atoms with van der Waals surface area (Å²) in [5.74, 6) is 0.540. The molecule has 0 fully saturated rings. The molecule has 0 heterocycles. The molecule has 28 heavy (non-hydrogen) atoms. The minimum absolute atomic E-state index is 0.0615. The highest BCUT2D eigenvalue weighted by Crippen LogP contribution is 2.13. The van der Waals surface area contributed by atoms with Gasteiger partial charge in [0.15, 0.2) is 5.96 Å². The number of aliphatic imine (C=N–C) groups is 1. The van der Waals surface area contributed by atoms with Crippen LogP contribution in [0.15, 0.2) is 29.3 Å². The zero-order chi connectivity index (χ0) is 21.0. The molecule has 1 rings (SSSR count). The number of guanidine groups is 1. The number of benzene rings is 1. The Kier molecular flexibility index (Phi) is 10.2. The predicted octanol–water partition coefficient (Wildman–Crippen LogP) is 2.75. The molecular weight excluding hydrogens is 382 g/mol. The third-order valence-corrected chi connectivity index (χ3v) is 3.56. The van der Waals surface area contributed by atoms with Crippen LogP contribution >= 0.6 is 11.6 Å². The lowest BCUT2D eigenvalue weighted by Gasteiger charge is -2.19. The van der Waals surface area contributed by atoms with Crippen LogP contribution in [0.4, 0.5) is 10.5 Å². The molecule has 0 saturated carbocycles. The fourth-order valence-electron chi connectivity index (χ4n) is 2.09. The molecule has 0 spiro atoms. The van der Waals surface area contributed by atoms with Gasteiger partial charge >= 0.3 is 6.09 Å². The molecule has 0 bridgehead atoms. The van der Waals surface area contributed by atoms with Crippen LogP contribution in [0, 0.1) is 0 Å². The molecule has 8 nitrogen and oxygen atoms in total. The molecule has 1 aromatic carbocycles. The number of carbonyl (C=O) groups excluding carboxylic acids is 2. The SMILES string of the molecule is CN=C(NCCCC(=O)Nc1ccc(Cl)cc1)NCCNC(=O)OC(C)(C)C. The quantitative estimate of drug-likeness (QED) is 0.299. The molecule has 2 amide bonds. The van der Waals surface area contributed by atoms with Crippen LogP contribution in [0.1, 0.15) is 33.6 Å². The number of amides is 2. The van der Waals surface area contributed by atoms with Crippen molar-refractivity contribution in [1.29, 1.82) is 0 Å². The lowest BCUT2D eigenvalue weighted by molar-refractivity contribution is -0.116. The number of nitrogens with one attached hydrogen (secondary N) is 4. The number of ether oxygens (including phenoxy) is 1. The summed E-state index contributed by atoms with van der Waals surface area (Å²) in [5, 5.41) is 12.3. The van der Waals surface area contributed by atoms with Gasteiger partial charge in [-0.05, 0) is 51.5 Å². The highest BCUT2D eigenvalue weighted by atomic mass is 35.5. The van der Waals surface area contributed by atoms with Gasteiger partial charge in [-0.15, -0.1) is 0 Å². The van der Waals surface area contributed by atoms with Gasteiger partial charge in [0.2, 0.25) is 5.91 Å². The van der Waals surface area contributed by atoms with Crippen LogP contribution in [0.3, 0.4) is 0 Å². The summed E-state index contributed by atoms with van der Waals surface area (Å²) in [7, 11) is 1.66. The van der Waals surface area contributed by atoms with Crippen LogP contribution in [0.2, 0.25) is 5.02 Å². The van der Waals surface area contributed by atoms with Crippen molar-refractivity contribution in [3.63, 3.8) is 0 Å². The van der Waals surface area contributed by atoms with Crippen molar-refractivity contribution in [3.8, 4) is 0 Å². The molecule has 0 aliphatic heterocycles. The maximum Gasteiger partial charge on any atom is 0.407 e. The van der Waals surface area contributed by atoms with Gasteiger partial charge in [-0.1, -0.05) is 11.6 Å². The Morgan fingerprint density at radius 3 is 2.25 bits per heavy atom. The first-order valence-electron chi connectivity index (χ1n) is 9.16. The van der Waals surface area contributed by atoms with E-state index in [4.69, 9.17) is 16.3 Å². The molecule has 0 saturated heterocycles. The van der Waals surface area contributed by atoms with E-state index in [1.54, 1.807) is 31.3 Å². The number of hydrogen-bond donors (Lipinski definition) is 4. The summed E-state index contributed by atoms with van der Waals surface area (Å²) in [4.78, 5) is 27.6. The first-order chi connectivity index (χ1) is 13.2. The molecule has 9 heteroatoms. The molecular formula is C19H30ClN5O3. The number of hydrogen-bond acceptors (Lipinski definition) is 4. The van der Waals surface area contributed by atoms with Crippen molar-refractivity contribution in [2.24, 2.45) is 4.99 Å². The van der Waals surface area contributed by atoms with Gasteiger partial charge in [-0.3, -0.25) is 9.79 Å². The van der Waals surface area contributed by atoms with Crippen molar-refractivity contribution >= 4 is 35.2 Å². The largest absolute Gasteiger partial charge is 0.444 e. The van der Waals surface area contributed by atoms with Gasteiger partial charge in [0, 0.05) is 43.8 Å². The van der Waals surface area contributed by atoms with Crippen molar-refractivity contribution in [2.45, 2.75) is 39.2 Å². The monoisotopic (exact) mass is 411 g/mol. The fraction of sp³-hybridized carbons (Fsp3) is 0.526. The summed E-state index contributed by atoms with van der Waals surface area (Å²) in [6, 6.07) is 6.98. The average molecular weight is 412 g/mol. The number of alkyl carbamates (subject to hydrolysis) is 1. The van der Waals surface area contributed by atoms with Crippen molar-refractivity contribution in [1.82, 2.24) is 16.0 Å². The second-order valence-electron chi connectivity index (χ2n) is 7.01. The Morgan fingerprint density at radius 2 is 1.64 bits per heavy atom. The van der Waals surface area contributed by atoms with Crippen molar-refractivity contribution in [3.05, 3.63) is 29.3 Å². The average Bonchev–Trinajstić information content (AvgIpc) is 2.60. The molecule has 156 valence electrons. The second kappa shape index (κ2) is 12.1. The Hall–Kier alpha value is -2.48. The number of nitrogens with zero attached hydrogens (tertiary/aromatic N) is 1. The van der Waals surface area contributed by atoms with E-state index in [1.165, 1.54) is 0 Å². The number of anilines is 1. The number of halogens is 1. The van der Waals surface area contributed by atoms with Gasteiger partial charge in [-0.2, -0.15) is 0 Å². The van der Waals surface area contributed by atoms with Gasteiger partial charge in [0.25, 0.3) is 0 Å². The maximum absolute atomic E-state index is 11.9. The molecule has 0 aliphatic rings. The molecule has 4 N–H and O–H groups in total. The zero-order valence-electron chi connectivity index (χ0n) is 16.9. The van der Waals surface area contributed by atoms with Crippen LogP contribution in [-0.4, -0.2) is 50.2 Å². The standard InChI is InChI=1S/C19H30ClN5O3/c1-19(2,3)28-18(27)24-13-12-23-17(21-4)22-11-5-6-16(26)25-15-9-7-14(20)8-10-15/h7-10H,5-6,11-13H2,1-4H3,(H,24,27)(H,25,26)(H2,21,22,23). The predicted molar refractivity (Wildman–Crippen MR) is 113 cm³/mol. The van der Waals surface area contributed by atoms with E-state index >= 15 is 0 Å². The van der Waals surface area contributed by atoms with E-state index < -0.39 is 11.7 Å². The summed E-state index contributed by atoms with van der Waals surface area (Å²) < 4.78 is 5.15. The Labute approximate surface area is 171 Å². The Bertz CT molecular complexity index is 657. The third kappa shape index (κ3) is 11.3. The van der Waals surface area contributed by atoms with Crippen LogP contribution in [0.25, 0.3) is 0 Å². The highest BCUT2D eigenvalue weighted by molar-refractivity contribution is 6.30. The molecule has 0 radical (unpaired) electrons. The topological polar surface area (TPSA) is 104 Å². The summed E-state index contributed by atoms with van der Waals surface area (Å²) in [6.45, 7) is 6.92. The lowest BCUT2D eigenvalue weighted by Crippen LogP contribution is -2.42. The van der Waals surface area contributed by atoms with Crippen LogP contribution in [0.5, 0.6) is 0 Å². The van der Waals surface area contributed by atoms with E-state index in [-0.39, 0.29) is 5.91 Å². The smallest absolute Gasteiger partial charge is 0.407 e. The van der Waals surface area contributed by atoms with E-state index in [1.807, 2.05) is 20.8 Å². The van der Waals surface area contributed by atoms with Crippen molar-refractivity contribution < 1.29 is 14.3 Å².